The SMILES string of the molecule is CN[C@@H](C)C(=O)ONS(=O)(=O)c1ccccc1S(C)=O. The van der Waals surface area contributed by atoms with Crippen molar-refractivity contribution in [3.05, 3.63) is 24.3 Å². The van der Waals surface area contributed by atoms with Crippen LogP contribution in [0.1, 0.15) is 6.92 Å². The number of hydrogen-bond donors (Lipinski definition) is 2. The van der Waals surface area contributed by atoms with Gasteiger partial charge in [-0.15, -0.1) is 0 Å². The van der Waals surface area contributed by atoms with Gasteiger partial charge in [0.25, 0.3) is 10.0 Å². The van der Waals surface area contributed by atoms with Crippen LogP contribution >= 0.6 is 0 Å². The highest BCUT2D eigenvalue weighted by atomic mass is 32.2. The molecule has 1 aromatic carbocycles. The van der Waals surface area contributed by atoms with Crippen LogP contribution in [-0.2, 0) is 30.5 Å². The first kappa shape index (κ1) is 16.8. The van der Waals surface area contributed by atoms with Crippen LogP contribution in [0.25, 0.3) is 0 Å². The maximum absolute atomic E-state index is 12.0. The molecule has 0 saturated heterocycles. The number of hydrogen-bond acceptors (Lipinski definition) is 6. The average Bonchev–Trinajstić information content (AvgIpc) is 2.43. The van der Waals surface area contributed by atoms with E-state index in [-0.39, 0.29) is 9.79 Å². The van der Waals surface area contributed by atoms with E-state index < -0.39 is 32.8 Å². The van der Waals surface area contributed by atoms with Crippen molar-refractivity contribution in [1.82, 2.24) is 10.2 Å². The average molecular weight is 320 g/mol. The topological polar surface area (TPSA) is 102 Å². The van der Waals surface area contributed by atoms with Crippen molar-refractivity contribution >= 4 is 26.8 Å². The molecular formula is C11H16N2O5S2. The lowest BCUT2D eigenvalue weighted by atomic mass is 10.4. The van der Waals surface area contributed by atoms with E-state index >= 15 is 0 Å². The molecule has 0 saturated carbocycles. The Kier molecular flexibility index (Phi) is 5.81. The van der Waals surface area contributed by atoms with Gasteiger partial charge in [0, 0.05) is 6.26 Å². The first-order valence-corrected chi connectivity index (χ1v) is 8.66. The molecule has 0 aromatic heterocycles. The van der Waals surface area contributed by atoms with Crippen LogP contribution in [0.5, 0.6) is 0 Å². The molecule has 1 aromatic rings. The molecule has 2 atom stereocenters. The summed E-state index contributed by atoms with van der Waals surface area (Å²) in [6.07, 6.45) is 1.36. The highest BCUT2D eigenvalue weighted by molar-refractivity contribution is 7.90. The third-order valence-corrected chi connectivity index (χ3v) is 4.83. The van der Waals surface area contributed by atoms with Gasteiger partial charge in [-0.2, -0.15) is 0 Å². The summed E-state index contributed by atoms with van der Waals surface area (Å²) in [6.45, 7) is 1.52. The molecular weight excluding hydrogens is 304 g/mol. The van der Waals surface area contributed by atoms with Gasteiger partial charge in [-0.05, 0) is 31.0 Å². The van der Waals surface area contributed by atoms with E-state index in [1.54, 1.807) is 11.0 Å². The summed E-state index contributed by atoms with van der Waals surface area (Å²) in [7, 11) is -4.03. The number of carbonyl (C=O) groups excluding carboxylic acids is 1. The maximum Gasteiger partial charge on any atom is 0.342 e. The van der Waals surface area contributed by atoms with Crippen molar-refractivity contribution in [2.75, 3.05) is 13.3 Å². The predicted molar refractivity (Wildman–Crippen MR) is 73.7 cm³/mol. The first-order valence-electron chi connectivity index (χ1n) is 5.62. The minimum absolute atomic E-state index is 0.137. The first-order chi connectivity index (χ1) is 9.29. The molecule has 0 aliphatic rings. The van der Waals surface area contributed by atoms with Gasteiger partial charge in [0.05, 0.1) is 15.7 Å². The fourth-order valence-electron chi connectivity index (χ4n) is 1.26. The number of benzene rings is 1. The van der Waals surface area contributed by atoms with Gasteiger partial charge >= 0.3 is 5.97 Å². The fourth-order valence-corrected chi connectivity index (χ4v) is 3.43. The Morgan fingerprint density at radius 2 is 1.95 bits per heavy atom. The summed E-state index contributed by atoms with van der Waals surface area (Å²) in [5.74, 6) is -0.772. The van der Waals surface area contributed by atoms with E-state index in [1.807, 2.05) is 0 Å². The van der Waals surface area contributed by atoms with Gasteiger partial charge in [0.2, 0.25) is 0 Å². The van der Waals surface area contributed by atoms with Crippen LogP contribution in [0.15, 0.2) is 34.1 Å². The van der Waals surface area contributed by atoms with E-state index in [0.29, 0.717) is 0 Å². The molecule has 9 heteroatoms. The second-order valence-corrected chi connectivity index (χ2v) is 6.88. The summed E-state index contributed by atoms with van der Waals surface area (Å²) < 4.78 is 35.6. The lowest BCUT2D eigenvalue weighted by molar-refractivity contribution is -0.149. The van der Waals surface area contributed by atoms with Crippen molar-refractivity contribution in [3.63, 3.8) is 0 Å². The summed E-state index contributed by atoms with van der Waals surface area (Å²) in [5, 5.41) is 2.61. The quantitative estimate of drug-likeness (QED) is 0.702. The second kappa shape index (κ2) is 6.93. The monoisotopic (exact) mass is 320 g/mol. The number of rotatable bonds is 6. The Morgan fingerprint density at radius 3 is 2.50 bits per heavy atom. The molecule has 7 nitrogen and oxygen atoms in total. The van der Waals surface area contributed by atoms with Gasteiger partial charge in [-0.1, -0.05) is 12.1 Å². The van der Waals surface area contributed by atoms with Crippen molar-refractivity contribution in [2.24, 2.45) is 0 Å². The second-order valence-electron chi connectivity index (χ2n) is 3.92. The lowest BCUT2D eigenvalue weighted by Gasteiger charge is -2.12. The largest absolute Gasteiger partial charge is 0.354 e. The molecule has 20 heavy (non-hydrogen) atoms. The standard InChI is InChI=1S/C11H16N2O5S2/c1-8(12-2)11(14)18-13-20(16,17)10-7-5-4-6-9(10)19(3)15/h4-8,12-13H,1-3H3/t8-,19?/m0/s1. The number of sulfonamides is 1. The van der Waals surface area contributed by atoms with Gasteiger partial charge < -0.3 is 10.2 Å². The van der Waals surface area contributed by atoms with E-state index in [2.05, 4.69) is 10.2 Å². The third-order valence-electron chi connectivity index (χ3n) is 2.49. The van der Waals surface area contributed by atoms with Crippen LogP contribution in [0.2, 0.25) is 0 Å². The van der Waals surface area contributed by atoms with Gasteiger partial charge in [0.15, 0.2) is 0 Å². The molecule has 1 unspecified atom stereocenters. The summed E-state index contributed by atoms with van der Waals surface area (Å²) in [6, 6.07) is 5.12. The highest BCUT2D eigenvalue weighted by Crippen LogP contribution is 2.18. The third kappa shape index (κ3) is 4.10. The molecule has 0 aliphatic carbocycles. The highest BCUT2D eigenvalue weighted by Gasteiger charge is 2.23. The lowest BCUT2D eigenvalue weighted by Crippen LogP contribution is -2.38. The van der Waals surface area contributed by atoms with Crippen molar-refractivity contribution in [2.45, 2.75) is 22.8 Å². The van der Waals surface area contributed by atoms with Crippen molar-refractivity contribution in [3.8, 4) is 0 Å². The molecule has 112 valence electrons. The zero-order valence-corrected chi connectivity index (χ0v) is 12.9. The molecule has 0 radical (unpaired) electrons. The fraction of sp³-hybridized carbons (Fsp3) is 0.364. The Morgan fingerprint density at radius 1 is 1.35 bits per heavy atom. The summed E-state index contributed by atoms with van der Waals surface area (Å²) in [4.78, 5) is 17.6. The van der Waals surface area contributed by atoms with Crippen molar-refractivity contribution in [1.29, 1.82) is 0 Å². The molecule has 0 fully saturated rings. The van der Waals surface area contributed by atoms with Crippen molar-refractivity contribution < 1.29 is 22.3 Å². The molecule has 1 rings (SSSR count). The van der Waals surface area contributed by atoms with E-state index in [9.17, 15) is 17.4 Å². The Balaban J connectivity index is 2.96. The number of carbonyl (C=O) groups is 1. The predicted octanol–water partition coefficient (Wildman–Crippen LogP) is -0.232. The van der Waals surface area contributed by atoms with Gasteiger partial charge in [-0.25, -0.2) is 13.2 Å². The van der Waals surface area contributed by atoms with E-state index in [0.717, 1.165) is 0 Å². The number of likely N-dealkylation sites (N-methyl/N-ethyl adjacent to an activating group) is 1. The summed E-state index contributed by atoms with van der Waals surface area (Å²) >= 11 is 0. The van der Waals surface area contributed by atoms with Gasteiger partial charge in [0.1, 0.15) is 10.9 Å². The van der Waals surface area contributed by atoms with E-state index in [4.69, 9.17) is 0 Å². The Labute approximate surface area is 120 Å². The van der Waals surface area contributed by atoms with Gasteiger partial charge in [-0.3, -0.25) is 4.21 Å². The minimum Gasteiger partial charge on any atom is -0.354 e. The molecule has 0 amide bonds. The zero-order valence-electron chi connectivity index (χ0n) is 11.2. The summed E-state index contributed by atoms with van der Waals surface area (Å²) in [5.41, 5.74) is 0. The molecule has 0 bridgehead atoms. The van der Waals surface area contributed by atoms with E-state index in [1.165, 1.54) is 38.4 Å². The molecule has 0 heterocycles. The zero-order chi connectivity index (χ0) is 15.3. The Hall–Kier alpha value is -1.29. The molecule has 2 N–H and O–H groups in total. The van der Waals surface area contributed by atoms with Crippen LogP contribution in [0.4, 0.5) is 0 Å². The molecule has 0 aliphatic heterocycles. The van der Waals surface area contributed by atoms with Crippen LogP contribution in [-0.4, -0.2) is 37.9 Å². The minimum atomic E-state index is -4.09. The number of nitrogens with one attached hydrogen (secondary N) is 2. The Bertz CT molecular complexity index is 615. The van der Waals surface area contributed by atoms with Crippen LogP contribution in [0, 0.1) is 0 Å². The maximum atomic E-state index is 12.0. The van der Waals surface area contributed by atoms with Crippen LogP contribution < -0.4 is 10.2 Å². The smallest absolute Gasteiger partial charge is 0.342 e. The van der Waals surface area contributed by atoms with Crippen LogP contribution in [0.3, 0.4) is 0 Å². The molecule has 0 spiro atoms. The normalized spacial score (nSPS) is 14.6.